The number of benzene rings is 1. The van der Waals surface area contributed by atoms with Gasteiger partial charge in [-0.05, 0) is 32.0 Å². The number of carbonyl (C=O) groups excluding carboxylic acids is 1. The van der Waals surface area contributed by atoms with E-state index in [1.54, 1.807) is 18.2 Å². The van der Waals surface area contributed by atoms with Crippen LogP contribution in [0.15, 0.2) is 18.2 Å². The fraction of sp³-hybridized carbons (Fsp3) is 0.462. The number of methoxy groups -OCH3 is 1. The van der Waals surface area contributed by atoms with Crippen LogP contribution < -0.4 is 15.2 Å². The molecule has 0 amide bonds. The van der Waals surface area contributed by atoms with Gasteiger partial charge in [0.25, 0.3) is 0 Å². The van der Waals surface area contributed by atoms with Crippen LogP contribution in [0, 0.1) is 0 Å². The lowest BCUT2D eigenvalue weighted by Gasteiger charge is -2.13. The van der Waals surface area contributed by atoms with E-state index < -0.39 is 6.04 Å². The molecule has 100 valence electrons. The molecule has 0 radical (unpaired) electrons. The van der Waals surface area contributed by atoms with Crippen molar-refractivity contribution in [1.29, 1.82) is 0 Å². The molecular weight excluding hydrogens is 234 g/mol. The molecule has 0 aliphatic rings. The van der Waals surface area contributed by atoms with Crippen LogP contribution in [0.4, 0.5) is 0 Å². The normalized spacial score (nSPS) is 11.8. The number of hydrogen-bond acceptors (Lipinski definition) is 4. The van der Waals surface area contributed by atoms with Crippen LogP contribution in [0.5, 0.6) is 11.5 Å². The Balaban J connectivity index is 3.01. The third kappa shape index (κ3) is 3.37. The Labute approximate surface area is 107 Å². The standard InChI is InChI=1S/C13H19NO4/c1-4-17-10-7-6-9(8-11(10)18-5-2)12(14)13(15)16-3/h6-8,12H,4-5,14H2,1-3H3/p+1. The summed E-state index contributed by atoms with van der Waals surface area (Å²) in [4.78, 5) is 11.4. The number of rotatable bonds is 6. The van der Waals surface area contributed by atoms with Crippen molar-refractivity contribution < 1.29 is 24.7 Å². The molecule has 1 aromatic carbocycles. The average molecular weight is 254 g/mol. The van der Waals surface area contributed by atoms with Crippen molar-refractivity contribution in [3.63, 3.8) is 0 Å². The first-order valence-electron chi connectivity index (χ1n) is 5.94. The van der Waals surface area contributed by atoms with Crippen molar-refractivity contribution in [3.05, 3.63) is 23.8 Å². The summed E-state index contributed by atoms with van der Waals surface area (Å²) in [5.41, 5.74) is 4.53. The first kappa shape index (κ1) is 14.3. The predicted octanol–water partition coefficient (Wildman–Crippen LogP) is 0.940. The molecule has 1 unspecified atom stereocenters. The lowest BCUT2D eigenvalue weighted by molar-refractivity contribution is -0.414. The zero-order valence-electron chi connectivity index (χ0n) is 11.1. The maximum absolute atomic E-state index is 11.4. The molecule has 0 spiro atoms. The number of hydrogen-bond donors (Lipinski definition) is 1. The van der Waals surface area contributed by atoms with Crippen molar-refractivity contribution in [2.24, 2.45) is 0 Å². The molecule has 0 bridgehead atoms. The second-order valence-electron chi connectivity index (χ2n) is 3.65. The monoisotopic (exact) mass is 254 g/mol. The Morgan fingerprint density at radius 1 is 1.22 bits per heavy atom. The van der Waals surface area contributed by atoms with Gasteiger partial charge in [0, 0.05) is 5.56 Å². The van der Waals surface area contributed by atoms with Crippen molar-refractivity contribution >= 4 is 5.97 Å². The largest absolute Gasteiger partial charge is 0.490 e. The van der Waals surface area contributed by atoms with Crippen molar-refractivity contribution in [2.75, 3.05) is 20.3 Å². The van der Waals surface area contributed by atoms with E-state index in [0.717, 1.165) is 5.56 Å². The van der Waals surface area contributed by atoms with Crippen molar-refractivity contribution in [3.8, 4) is 11.5 Å². The third-order valence-corrected chi connectivity index (χ3v) is 2.46. The van der Waals surface area contributed by atoms with Crippen LogP contribution in [0.25, 0.3) is 0 Å². The summed E-state index contributed by atoms with van der Waals surface area (Å²) in [6.45, 7) is 4.89. The van der Waals surface area contributed by atoms with Crippen LogP contribution in [0.2, 0.25) is 0 Å². The Morgan fingerprint density at radius 3 is 2.39 bits per heavy atom. The summed E-state index contributed by atoms with van der Waals surface area (Å²) in [5, 5.41) is 0. The molecule has 1 rings (SSSR count). The summed E-state index contributed by atoms with van der Waals surface area (Å²) in [5.74, 6) is 0.913. The number of ether oxygens (including phenoxy) is 3. The zero-order valence-corrected chi connectivity index (χ0v) is 11.1. The van der Waals surface area contributed by atoms with Crippen molar-refractivity contribution in [2.45, 2.75) is 19.9 Å². The van der Waals surface area contributed by atoms with Crippen LogP contribution >= 0.6 is 0 Å². The van der Waals surface area contributed by atoms with E-state index >= 15 is 0 Å². The summed E-state index contributed by atoms with van der Waals surface area (Å²) < 4.78 is 15.6. The van der Waals surface area contributed by atoms with Gasteiger partial charge in [0.15, 0.2) is 11.5 Å². The Hall–Kier alpha value is -1.75. The van der Waals surface area contributed by atoms with Gasteiger partial charge in [-0.25, -0.2) is 4.79 Å². The van der Waals surface area contributed by atoms with Crippen LogP contribution in [0.1, 0.15) is 25.5 Å². The molecule has 0 fully saturated rings. The van der Waals surface area contributed by atoms with Gasteiger partial charge in [-0.15, -0.1) is 0 Å². The number of carbonyl (C=O) groups is 1. The van der Waals surface area contributed by atoms with Gasteiger partial charge in [-0.1, -0.05) is 0 Å². The van der Waals surface area contributed by atoms with Gasteiger partial charge < -0.3 is 19.9 Å². The molecule has 1 aromatic rings. The first-order valence-corrected chi connectivity index (χ1v) is 5.94. The fourth-order valence-corrected chi connectivity index (χ4v) is 1.56. The van der Waals surface area contributed by atoms with E-state index in [0.29, 0.717) is 24.7 Å². The smallest absolute Gasteiger partial charge is 0.369 e. The van der Waals surface area contributed by atoms with Gasteiger partial charge in [0.05, 0.1) is 20.3 Å². The molecule has 5 heteroatoms. The van der Waals surface area contributed by atoms with Gasteiger partial charge in [0.2, 0.25) is 6.04 Å². The van der Waals surface area contributed by atoms with Gasteiger partial charge in [-0.3, -0.25) is 0 Å². The van der Waals surface area contributed by atoms with Crippen LogP contribution in [0.3, 0.4) is 0 Å². The minimum Gasteiger partial charge on any atom is -0.490 e. The minimum absolute atomic E-state index is 0.374. The molecule has 0 aliphatic heterocycles. The van der Waals surface area contributed by atoms with Crippen LogP contribution in [-0.2, 0) is 9.53 Å². The van der Waals surface area contributed by atoms with E-state index in [1.807, 2.05) is 13.8 Å². The van der Waals surface area contributed by atoms with Crippen LogP contribution in [-0.4, -0.2) is 26.3 Å². The topological polar surface area (TPSA) is 72.4 Å². The lowest BCUT2D eigenvalue weighted by atomic mass is 10.1. The minimum atomic E-state index is -0.565. The predicted molar refractivity (Wildman–Crippen MR) is 66.4 cm³/mol. The first-order chi connectivity index (χ1) is 8.63. The lowest BCUT2D eigenvalue weighted by Crippen LogP contribution is -2.57. The molecule has 0 aliphatic carbocycles. The number of quaternary nitrogens is 1. The SMILES string of the molecule is CCOc1ccc(C([NH3+])C(=O)OC)cc1OCC. The molecule has 0 saturated carbocycles. The second kappa shape index (κ2) is 6.86. The Bertz CT molecular complexity index is 406. The average Bonchev–Trinajstić information content (AvgIpc) is 2.39. The molecule has 0 saturated heterocycles. The molecule has 0 aromatic heterocycles. The molecular formula is C13H20NO4+. The zero-order chi connectivity index (χ0) is 13.5. The van der Waals surface area contributed by atoms with E-state index in [1.165, 1.54) is 7.11 Å². The Kier molecular flexibility index (Phi) is 5.45. The quantitative estimate of drug-likeness (QED) is 0.767. The van der Waals surface area contributed by atoms with E-state index in [-0.39, 0.29) is 5.97 Å². The van der Waals surface area contributed by atoms with Crippen molar-refractivity contribution in [1.82, 2.24) is 0 Å². The Morgan fingerprint density at radius 2 is 1.83 bits per heavy atom. The second-order valence-corrected chi connectivity index (χ2v) is 3.65. The molecule has 18 heavy (non-hydrogen) atoms. The van der Waals surface area contributed by atoms with E-state index in [4.69, 9.17) is 9.47 Å². The number of esters is 1. The highest BCUT2D eigenvalue weighted by molar-refractivity contribution is 5.76. The van der Waals surface area contributed by atoms with Gasteiger partial charge in [-0.2, -0.15) is 0 Å². The molecule has 3 N–H and O–H groups in total. The van der Waals surface area contributed by atoms with E-state index in [2.05, 4.69) is 10.5 Å². The van der Waals surface area contributed by atoms with Gasteiger partial charge >= 0.3 is 5.97 Å². The fourth-order valence-electron chi connectivity index (χ4n) is 1.56. The van der Waals surface area contributed by atoms with Gasteiger partial charge in [0.1, 0.15) is 0 Å². The maximum atomic E-state index is 11.4. The maximum Gasteiger partial charge on any atom is 0.369 e. The summed E-state index contributed by atoms with van der Waals surface area (Å²) in [6, 6.07) is 4.78. The van der Waals surface area contributed by atoms with E-state index in [9.17, 15) is 4.79 Å². The highest BCUT2D eigenvalue weighted by atomic mass is 16.5. The summed E-state index contributed by atoms with van der Waals surface area (Å²) >= 11 is 0. The highest BCUT2D eigenvalue weighted by Crippen LogP contribution is 2.30. The molecule has 1 atom stereocenters. The highest BCUT2D eigenvalue weighted by Gasteiger charge is 2.21. The molecule has 0 heterocycles. The third-order valence-electron chi connectivity index (χ3n) is 2.46. The summed E-state index contributed by atoms with van der Waals surface area (Å²) in [7, 11) is 1.35. The molecule has 5 nitrogen and oxygen atoms in total. The summed E-state index contributed by atoms with van der Waals surface area (Å²) in [6.07, 6.45) is 0.